The van der Waals surface area contributed by atoms with E-state index in [9.17, 15) is 9.90 Å². The molecule has 0 amide bonds. The number of aliphatic hydroxyl groups is 1. The van der Waals surface area contributed by atoms with Crippen LogP contribution in [-0.2, 0) is 6.42 Å². The molecule has 4 rings (SSSR count). The largest absolute Gasteiger partial charge is 0.396 e. The molecule has 0 saturated carbocycles. The second-order valence-corrected chi connectivity index (χ2v) is 6.89. The van der Waals surface area contributed by atoms with Crippen LogP contribution in [0.2, 0.25) is 0 Å². The highest BCUT2D eigenvalue weighted by Gasteiger charge is 2.39. The number of rotatable bonds is 1. The van der Waals surface area contributed by atoms with Crippen LogP contribution in [0.1, 0.15) is 35.2 Å². The van der Waals surface area contributed by atoms with Gasteiger partial charge in [-0.15, -0.1) is 0 Å². The van der Waals surface area contributed by atoms with Crippen LogP contribution >= 0.6 is 0 Å². The second kappa shape index (κ2) is 4.93. The summed E-state index contributed by atoms with van der Waals surface area (Å²) in [7, 11) is 2.16. The molecule has 0 spiro atoms. The molecule has 2 heterocycles. The average molecular weight is 298 g/mol. The average Bonchev–Trinajstić information content (AvgIpc) is 2.89. The lowest BCUT2D eigenvalue weighted by molar-refractivity contribution is 0.0771. The van der Waals surface area contributed by atoms with Gasteiger partial charge in [0.1, 0.15) is 0 Å². The first-order valence-electron chi connectivity index (χ1n) is 8.05. The Balaban J connectivity index is 1.90. The fraction of sp³-hybridized carbons (Fsp3) is 0.500. The Morgan fingerprint density at radius 1 is 1.41 bits per heavy atom. The van der Waals surface area contributed by atoms with Crippen molar-refractivity contribution in [1.29, 1.82) is 0 Å². The minimum absolute atomic E-state index is 0.0693. The van der Waals surface area contributed by atoms with Gasteiger partial charge < -0.3 is 10.0 Å². The Hall–Kier alpha value is -1.65. The van der Waals surface area contributed by atoms with E-state index < -0.39 is 0 Å². The van der Waals surface area contributed by atoms with E-state index in [1.165, 1.54) is 16.5 Å². The first-order valence-corrected chi connectivity index (χ1v) is 8.05. The minimum atomic E-state index is 0.0693. The summed E-state index contributed by atoms with van der Waals surface area (Å²) in [5.41, 5.74) is 3.68. The molecule has 1 fully saturated rings. The van der Waals surface area contributed by atoms with Gasteiger partial charge in [0.2, 0.25) is 5.91 Å². The first-order chi connectivity index (χ1) is 10.6. The molecule has 2 aliphatic rings. The monoisotopic (exact) mass is 298 g/mol. The third-order valence-corrected chi connectivity index (χ3v) is 5.53. The Morgan fingerprint density at radius 3 is 2.95 bits per heavy atom. The molecule has 22 heavy (non-hydrogen) atoms. The molecule has 2 aromatic rings. The lowest BCUT2D eigenvalue weighted by Gasteiger charge is -2.45. The highest BCUT2D eigenvalue weighted by Crippen LogP contribution is 2.44. The van der Waals surface area contributed by atoms with Gasteiger partial charge in [0.15, 0.2) is 0 Å². The van der Waals surface area contributed by atoms with Gasteiger partial charge in [0.05, 0.1) is 5.52 Å². The predicted octanol–water partition coefficient (Wildman–Crippen LogP) is 2.25. The van der Waals surface area contributed by atoms with E-state index in [0.29, 0.717) is 17.9 Å². The van der Waals surface area contributed by atoms with Gasteiger partial charge in [-0.25, -0.2) is 0 Å². The van der Waals surface area contributed by atoms with Crippen LogP contribution in [0.4, 0.5) is 0 Å². The quantitative estimate of drug-likeness (QED) is 0.878. The van der Waals surface area contributed by atoms with Crippen LogP contribution in [0, 0.1) is 5.92 Å². The Morgan fingerprint density at radius 2 is 2.23 bits per heavy atom. The summed E-state index contributed by atoms with van der Waals surface area (Å²) in [6.07, 6.45) is 4.06. The summed E-state index contributed by atoms with van der Waals surface area (Å²) in [5.74, 6) is 0.868. The van der Waals surface area contributed by atoms with Crippen molar-refractivity contribution in [1.82, 2.24) is 9.47 Å². The predicted molar refractivity (Wildman–Crippen MR) is 86.3 cm³/mol. The Labute approximate surface area is 130 Å². The molecule has 0 radical (unpaired) electrons. The molecule has 0 unspecified atom stereocenters. The zero-order valence-corrected chi connectivity index (χ0v) is 13.1. The molecule has 116 valence electrons. The number of hydrogen-bond acceptors (Lipinski definition) is 3. The standard InChI is InChI=1S/C18H22N2O2/c1-11(22)20-9-13-7-17-15(6-12(10-21)8-19(17)2)14-4-3-5-16(20)18(13)14/h3-5,9,12,15,17,21H,6-8,10H2,1-2H3/t12-,15-,17-/m1/s1. The van der Waals surface area contributed by atoms with E-state index in [-0.39, 0.29) is 12.5 Å². The van der Waals surface area contributed by atoms with E-state index in [4.69, 9.17) is 0 Å². The molecule has 1 aromatic carbocycles. The van der Waals surface area contributed by atoms with E-state index >= 15 is 0 Å². The van der Waals surface area contributed by atoms with Gasteiger partial charge in [-0.2, -0.15) is 0 Å². The number of piperidine rings is 1. The van der Waals surface area contributed by atoms with Crippen molar-refractivity contribution in [2.75, 3.05) is 20.2 Å². The number of aliphatic hydroxyl groups excluding tert-OH is 1. The topological polar surface area (TPSA) is 45.5 Å². The summed E-state index contributed by atoms with van der Waals surface area (Å²) in [6, 6.07) is 6.79. The Kier molecular flexibility index (Phi) is 3.13. The molecule has 0 bridgehead atoms. The van der Waals surface area contributed by atoms with Gasteiger partial charge in [-0.1, -0.05) is 12.1 Å². The molecule has 4 nitrogen and oxygen atoms in total. The highest BCUT2D eigenvalue weighted by molar-refractivity contribution is 5.96. The number of hydrogen-bond donors (Lipinski definition) is 1. The van der Waals surface area contributed by atoms with Gasteiger partial charge in [-0.3, -0.25) is 9.36 Å². The Bertz CT molecular complexity index is 749. The fourth-order valence-electron chi connectivity index (χ4n) is 4.55. The van der Waals surface area contributed by atoms with Crippen molar-refractivity contribution in [2.24, 2.45) is 5.92 Å². The zero-order valence-electron chi connectivity index (χ0n) is 13.1. The van der Waals surface area contributed by atoms with E-state index in [0.717, 1.165) is 24.9 Å². The normalized spacial score (nSPS) is 27.9. The van der Waals surface area contributed by atoms with Crippen molar-refractivity contribution in [3.63, 3.8) is 0 Å². The maximum absolute atomic E-state index is 11.9. The molecule has 1 aliphatic carbocycles. The first kappa shape index (κ1) is 14.0. The van der Waals surface area contributed by atoms with Gasteiger partial charge in [0, 0.05) is 43.6 Å². The zero-order chi connectivity index (χ0) is 15.4. The van der Waals surface area contributed by atoms with Crippen molar-refractivity contribution in [3.05, 3.63) is 35.5 Å². The number of nitrogens with zero attached hydrogens (tertiary/aromatic N) is 2. The number of aromatic nitrogens is 1. The maximum Gasteiger partial charge on any atom is 0.227 e. The number of likely N-dealkylation sites (N-methyl/N-ethyl adjacent to an activating group) is 1. The summed E-state index contributed by atoms with van der Waals surface area (Å²) < 4.78 is 1.79. The molecular formula is C18H22N2O2. The maximum atomic E-state index is 11.9. The number of fused-ring (bicyclic) bond motifs is 2. The number of likely N-dealkylation sites (tertiary alicyclic amines) is 1. The molecule has 4 heteroatoms. The summed E-state index contributed by atoms with van der Waals surface area (Å²) in [4.78, 5) is 14.3. The lowest BCUT2D eigenvalue weighted by Crippen LogP contribution is -2.48. The van der Waals surface area contributed by atoms with Gasteiger partial charge >= 0.3 is 0 Å². The van der Waals surface area contributed by atoms with E-state index in [1.807, 2.05) is 12.3 Å². The van der Waals surface area contributed by atoms with Crippen molar-refractivity contribution < 1.29 is 9.90 Å². The molecule has 1 N–H and O–H groups in total. The minimum Gasteiger partial charge on any atom is -0.396 e. The second-order valence-electron chi connectivity index (χ2n) is 6.89. The van der Waals surface area contributed by atoms with Crippen molar-refractivity contribution in [3.8, 4) is 0 Å². The van der Waals surface area contributed by atoms with Crippen LogP contribution in [0.15, 0.2) is 24.4 Å². The van der Waals surface area contributed by atoms with Crippen LogP contribution < -0.4 is 0 Å². The molecule has 3 atom stereocenters. The summed E-state index contributed by atoms with van der Waals surface area (Å²) >= 11 is 0. The lowest BCUT2D eigenvalue weighted by atomic mass is 9.72. The van der Waals surface area contributed by atoms with E-state index in [1.54, 1.807) is 11.5 Å². The molecule has 1 aliphatic heterocycles. The van der Waals surface area contributed by atoms with Crippen LogP contribution in [0.3, 0.4) is 0 Å². The molecular weight excluding hydrogens is 276 g/mol. The number of benzene rings is 1. The van der Waals surface area contributed by atoms with Crippen LogP contribution in [0.25, 0.3) is 10.9 Å². The number of carbonyl (C=O) groups excluding carboxylic acids is 1. The van der Waals surface area contributed by atoms with Crippen LogP contribution in [0.5, 0.6) is 0 Å². The third-order valence-electron chi connectivity index (χ3n) is 5.53. The summed E-state index contributed by atoms with van der Waals surface area (Å²) in [5, 5.41) is 10.9. The van der Waals surface area contributed by atoms with Gasteiger partial charge in [-0.05, 0) is 43.0 Å². The fourth-order valence-corrected chi connectivity index (χ4v) is 4.55. The van der Waals surface area contributed by atoms with Crippen molar-refractivity contribution in [2.45, 2.75) is 31.7 Å². The van der Waals surface area contributed by atoms with Crippen molar-refractivity contribution >= 4 is 16.8 Å². The molecule has 1 aromatic heterocycles. The van der Waals surface area contributed by atoms with Gasteiger partial charge in [0.25, 0.3) is 0 Å². The summed E-state index contributed by atoms with van der Waals surface area (Å²) in [6.45, 7) is 2.83. The highest BCUT2D eigenvalue weighted by atomic mass is 16.3. The smallest absolute Gasteiger partial charge is 0.227 e. The van der Waals surface area contributed by atoms with Crippen LogP contribution in [-0.4, -0.2) is 46.7 Å². The van der Waals surface area contributed by atoms with E-state index in [2.05, 4.69) is 24.1 Å². The SMILES string of the molecule is CC(=O)n1cc2c3c(cccc31)[C@H]1C[C@@H](CO)CN(C)[C@@H]1C2. The molecule has 1 saturated heterocycles. The number of carbonyl (C=O) groups is 1. The third kappa shape index (κ3) is 1.87.